The molecule has 172 valence electrons. The Morgan fingerprint density at radius 3 is 2.72 bits per heavy atom. The van der Waals surface area contributed by atoms with Gasteiger partial charge >= 0.3 is 5.97 Å². The highest BCUT2D eigenvalue weighted by molar-refractivity contribution is 5.92. The largest absolute Gasteiger partial charge is 0.481 e. The van der Waals surface area contributed by atoms with E-state index in [1.807, 2.05) is 19.1 Å². The van der Waals surface area contributed by atoms with Gasteiger partial charge in [0.15, 0.2) is 5.78 Å². The van der Waals surface area contributed by atoms with Gasteiger partial charge in [0.1, 0.15) is 11.5 Å². The average Bonchev–Trinajstić information content (AvgIpc) is 3.28. The minimum Gasteiger partial charge on any atom is -0.481 e. The molecule has 0 saturated heterocycles. The third-order valence-electron chi connectivity index (χ3n) is 9.59. The van der Waals surface area contributed by atoms with Gasteiger partial charge in [0.05, 0.1) is 5.60 Å². The number of aliphatic hydroxyl groups is 1. The maximum Gasteiger partial charge on any atom is 0.303 e. The van der Waals surface area contributed by atoms with Crippen molar-refractivity contribution >= 4 is 11.8 Å². The highest BCUT2D eigenvalue weighted by Crippen LogP contribution is 2.68. The van der Waals surface area contributed by atoms with Gasteiger partial charge in [-0.1, -0.05) is 31.1 Å². The number of hydrogen-bond acceptors (Lipinski definition) is 4. The summed E-state index contributed by atoms with van der Waals surface area (Å²) in [4.78, 5) is 23.6. The summed E-state index contributed by atoms with van der Waals surface area (Å²) in [6.07, 6.45) is 9.02. The van der Waals surface area contributed by atoms with Crippen LogP contribution in [0.1, 0.15) is 82.7 Å². The number of allylic oxidation sites excluding steroid dienone is 4. The Hall–Kier alpha value is -2.14. The lowest BCUT2D eigenvalue weighted by Gasteiger charge is -2.57. The highest BCUT2D eigenvalue weighted by atomic mass is 16.4. The summed E-state index contributed by atoms with van der Waals surface area (Å²) >= 11 is 0. The molecular weight excluding hydrogens is 404 g/mol. The first kappa shape index (κ1) is 21.7. The molecule has 1 aromatic rings. The molecule has 2 saturated carbocycles. The SMILES string of the molecule is Cc1ccc(C2CC3=CC(=O)CC[C@]3(C)C3=CC[C@@]4(C)[C@@H](CC[C@]4(O)CCC(=O)O)[C@@H]32)o1. The van der Waals surface area contributed by atoms with Crippen molar-refractivity contribution in [3.05, 3.63) is 47.0 Å². The Morgan fingerprint density at radius 1 is 1.25 bits per heavy atom. The summed E-state index contributed by atoms with van der Waals surface area (Å²) in [5.74, 6) is 1.83. The van der Waals surface area contributed by atoms with E-state index in [9.17, 15) is 19.8 Å². The summed E-state index contributed by atoms with van der Waals surface area (Å²) in [7, 11) is 0. The van der Waals surface area contributed by atoms with Crippen LogP contribution in [0, 0.1) is 29.6 Å². The zero-order valence-electron chi connectivity index (χ0n) is 19.3. The molecular formula is C27H34O5. The molecule has 4 aliphatic carbocycles. The molecule has 5 heteroatoms. The van der Waals surface area contributed by atoms with E-state index in [1.165, 1.54) is 11.1 Å². The number of aryl methyl sites for hydroxylation is 1. The van der Waals surface area contributed by atoms with E-state index in [-0.39, 0.29) is 40.8 Å². The standard InChI is InChI=1S/C27H34O5/c1-16-4-5-22(32-16)19-15-17-14-18(28)6-10-25(17,2)20-7-11-26(3)21(24(19)20)8-12-27(26,31)13-9-23(29)30/h4-5,7,14,19,21,24,31H,6,8-13,15H2,1-3H3,(H,29,30)/t19?,21-,24+,25-,26-,27-/m0/s1. The number of aliphatic carboxylic acids is 1. The Morgan fingerprint density at radius 2 is 2.03 bits per heavy atom. The van der Waals surface area contributed by atoms with Crippen molar-refractivity contribution in [3.63, 3.8) is 0 Å². The van der Waals surface area contributed by atoms with Gasteiger partial charge in [-0.3, -0.25) is 9.59 Å². The van der Waals surface area contributed by atoms with Crippen LogP contribution in [0.4, 0.5) is 0 Å². The minimum absolute atomic E-state index is 0.00638. The van der Waals surface area contributed by atoms with Crippen LogP contribution in [0.15, 0.2) is 39.8 Å². The molecule has 5 rings (SSSR count). The topological polar surface area (TPSA) is 87.7 Å². The van der Waals surface area contributed by atoms with Crippen molar-refractivity contribution in [1.29, 1.82) is 0 Å². The third kappa shape index (κ3) is 3.00. The molecule has 0 aromatic carbocycles. The van der Waals surface area contributed by atoms with Crippen molar-refractivity contribution in [2.24, 2.45) is 22.7 Å². The first-order valence-corrected chi connectivity index (χ1v) is 12.0. The summed E-state index contributed by atoms with van der Waals surface area (Å²) in [5, 5.41) is 21.0. The molecule has 0 aliphatic heterocycles. The van der Waals surface area contributed by atoms with Crippen molar-refractivity contribution < 1.29 is 24.2 Å². The zero-order valence-corrected chi connectivity index (χ0v) is 19.3. The highest BCUT2D eigenvalue weighted by Gasteiger charge is 2.63. The number of carboxylic acid groups (broad SMARTS) is 1. The Bertz CT molecular complexity index is 1030. The third-order valence-corrected chi connectivity index (χ3v) is 9.59. The van der Waals surface area contributed by atoms with Gasteiger partial charge in [0.25, 0.3) is 0 Å². The number of hydrogen-bond donors (Lipinski definition) is 2. The van der Waals surface area contributed by atoms with Gasteiger partial charge < -0.3 is 14.6 Å². The van der Waals surface area contributed by atoms with E-state index in [2.05, 4.69) is 26.0 Å². The molecule has 0 bridgehead atoms. The second-order valence-electron chi connectivity index (χ2n) is 11.1. The van der Waals surface area contributed by atoms with Crippen LogP contribution in [0.2, 0.25) is 0 Å². The monoisotopic (exact) mass is 438 g/mol. The Kier molecular flexibility index (Phi) is 4.87. The zero-order chi connectivity index (χ0) is 22.9. The van der Waals surface area contributed by atoms with Gasteiger partial charge in [-0.15, -0.1) is 0 Å². The van der Waals surface area contributed by atoms with Crippen LogP contribution in [0.25, 0.3) is 0 Å². The lowest BCUT2D eigenvalue weighted by atomic mass is 9.48. The van der Waals surface area contributed by atoms with Gasteiger partial charge in [0.2, 0.25) is 0 Å². The van der Waals surface area contributed by atoms with Crippen molar-refractivity contribution in [1.82, 2.24) is 0 Å². The predicted molar refractivity (Wildman–Crippen MR) is 120 cm³/mol. The number of carbonyl (C=O) groups excluding carboxylic acids is 1. The Balaban J connectivity index is 1.61. The summed E-state index contributed by atoms with van der Waals surface area (Å²) in [5.41, 5.74) is 1.18. The first-order valence-electron chi connectivity index (χ1n) is 12.0. The second-order valence-corrected chi connectivity index (χ2v) is 11.1. The van der Waals surface area contributed by atoms with Gasteiger partial charge in [-0.2, -0.15) is 0 Å². The van der Waals surface area contributed by atoms with Crippen LogP contribution in [0.3, 0.4) is 0 Å². The van der Waals surface area contributed by atoms with Crippen molar-refractivity contribution in [3.8, 4) is 0 Å². The molecule has 1 heterocycles. The molecule has 0 radical (unpaired) electrons. The summed E-state index contributed by atoms with van der Waals surface area (Å²) in [6.45, 7) is 6.42. The van der Waals surface area contributed by atoms with Crippen LogP contribution < -0.4 is 0 Å². The van der Waals surface area contributed by atoms with Gasteiger partial charge in [-0.05, 0) is 75.5 Å². The second kappa shape index (κ2) is 7.18. The van der Waals surface area contributed by atoms with E-state index in [4.69, 9.17) is 4.42 Å². The lowest BCUT2D eigenvalue weighted by molar-refractivity contribution is -0.141. The molecule has 1 unspecified atom stereocenters. The number of carboxylic acids is 1. The smallest absolute Gasteiger partial charge is 0.303 e. The molecule has 4 aliphatic rings. The van der Waals surface area contributed by atoms with Crippen LogP contribution in [-0.4, -0.2) is 27.6 Å². The molecule has 2 N–H and O–H groups in total. The maximum atomic E-state index is 12.3. The quantitative estimate of drug-likeness (QED) is 0.621. The number of carbonyl (C=O) groups is 2. The normalized spacial score (nSPS) is 40.8. The predicted octanol–water partition coefficient (Wildman–Crippen LogP) is 5.33. The molecule has 32 heavy (non-hydrogen) atoms. The molecule has 0 amide bonds. The molecule has 6 atom stereocenters. The number of fused-ring (bicyclic) bond motifs is 5. The van der Waals surface area contributed by atoms with E-state index >= 15 is 0 Å². The van der Waals surface area contributed by atoms with Gasteiger partial charge in [-0.25, -0.2) is 0 Å². The summed E-state index contributed by atoms with van der Waals surface area (Å²) < 4.78 is 6.14. The van der Waals surface area contributed by atoms with Gasteiger partial charge in [0, 0.05) is 29.6 Å². The van der Waals surface area contributed by atoms with Crippen molar-refractivity contribution in [2.45, 2.75) is 83.7 Å². The van der Waals surface area contributed by atoms with E-state index in [0.717, 1.165) is 37.2 Å². The number of rotatable bonds is 4. The van der Waals surface area contributed by atoms with E-state index in [0.29, 0.717) is 19.3 Å². The van der Waals surface area contributed by atoms with E-state index in [1.54, 1.807) is 0 Å². The fraction of sp³-hybridized carbons (Fsp3) is 0.630. The van der Waals surface area contributed by atoms with Crippen molar-refractivity contribution in [2.75, 3.05) is 0 Å². The maximum absolute atomic E-state index is 12.3. The fourth-order valence-corrected chi connectivity index (χ4v) is 7.62. The van der Waals surface area contributed by atoms with Crippen LogP contribution in [-0.2, 0) is 9.59 Å². The van der Waals surface area contributed by atoms with E-state index < -0.39 is 11.6 Å². The Labute approximate surface area is 189 Å². The molecule has 2 fully saturated rings. The molecule has 1 aromatic heterocycles. The first-order chi connectivity index (χ1) is 15.1. The summed E-state index contributed by atoms with van der Waals surface area (Å²) in [6, 6.07) is 4.08. The average molecular weight is 439 g/mol. The van der Waals surface area contributed by atoms with Crippen LogP contribution >= 0.6 is 0 Å². The molecule has 0 spiro atoms. The number of ketones is 1. The fourth-order valence-electron chi connectivity index (χ4n) is 7.62. The minimum atomic E-state index is -0.971. The van der Waals surface area contributed by atoms with Crippen LogP contribution in [0.5, 0.6) is 0 Å². The number of furan rings is 1. The lowest BCUT2D eigenvalue weighted by Crippen LogP contribution is -2.52. The molecule has 5 nitrogen and oxygen atoms in total.